The van der Waals surface area contributed by atoms with Gasteiger partial charge in [-0.25, -0.2) is 9.18 Å². The Balaban J connectivity index is 2.21. The summed E-state index contributed by atoms with van der Waals surface area (Å²) in [6, 6.07) is 6.02. The van der Waals surface area contributed by atoms with Crippen molar-refractivity contribution in [1.29, 1.82) is 0 Å². The summed E-state index contributed by atoms with van der Waals surface area (Å²) in [6.07, 6.45) is -1.49. The molecule has 0 amide bonds. The molecule has 1 aliphatic rings. The lowest BCUT2D eigenvalue weighted by atomic mass is 10.1. The Hall–Kier alpha value is -1.42. The lowest BCUT2D eigenvalue weighted by molar-refractivity contribution is -0.138. The van der Waals surface area contributed by atoms with Crippen LogP contribution in [0.25, 0.3) is 0 Å². The van der Waals surface area contributed by atoms with Crippen molar-refractivity contribution in [2.45, 2.75) is 12.2 Å². The second-order valence-corrected chi connectivity index (χ2v) is 2.84. The van der Waals surface area contributed by atoms with Crippen LogP contribution in [-0.2, 0) is 9.53 Å². The number of rotatable bonds is 2. The van der Waals surface area contributed by atoms with E-state index in [0.717, 1.165) is 0 Å². The predicted octanol–water partition coefficient (Wildman–Crippen LogP) is 1.35. The molecule has 1 fully saturated rings. The maximum Gasteiger partial charge on any atom is 0.335 e. The molecule has 0 bridgehead atoms. The Bertz CT molecular complexity index is 350. The number of hydrogen-bond acceptors (Lipinski definition) is 2. The number of carbonyl (C=O) groups is 1. The molecular formula is C9H7FO3. The van der Waals surface area contributed by atoms with E-state index < -0.39 is 24.0 Å². The Morgan fingerprint density at radius 2 is 2.15 bits per heavy atom. The minimum absolute atomic E-state index is 0.315. The molecule has 0 aliphatic carbocycles. The maximum atomic E-state index is 13.0. The monoisotopic (exact) mass is 182 g/mol. The lowest BCUT2D eigenvalue weighted by Crippen LogP contribution is -2.05. The molecule has 1 heterocycles. The molecule has 1 aromatic carbocycles. The van der Waals surface area contributed by atoms with E-state index in [9.17, 15) is 9.18 Å². The Kier molecular flexibility index (Phi) is 1.77. The van der Waals surface area contributed by atoms with Gasteiger partial charge in [-0.05, 0) is 6.07 Å². The summed E-state index contributed by atoms with van der Waals surface area (Å²) in [4.78, 5) is 10.4. The first kappa shape index (κ1) is 8.19. The standard InChI is InChI=1S/C9H7FO3/c10-6-4-2-1-3-5(6)7-8(13-7)9(11)12/h1-4,7-8H,(H,11,12). The lowest BCUT2D eigenvalue weighted by Gasteiger charge is -1.95. The SMILES string of the molecule is O=C(O)C1OC1c1ccccc1F. The van der Waals surface area contributed by atoms with Gasteiger partial charge in [-0.1, -0.05) is 18.2 Å². The van der Waals surface area contributed by atoms with Crippen molar-refractivity contribution in [3.63, 3.8) is 0 Å². The minimum atomic E-state index is -1.05. The maximum absolute atomic E-state index is 13.0. The van der Waals surface area contributed by atoms with Gasteiger partial charge in [0.25, 0.3) is 0 Å². The first-order chi connectivity index (χ1) is 6.20. The van der Waals surface area contributed by atoms with E-state index in [1.165, 1.54) is 12.1 Å². The van der Waals surface area contributed by atoms with E-state index in [0.29, 0.717) is 5.56 Å². The van der Waals surface area contributed by atoms with Gasteiger partial charge < -0.3 is 9.84 Å². The zero-order valence-electron chi connectivity index (χ0n) is 6.61. The van der Waals surface area contributed by atoms with Crippen LogP contribution in [0.2, 0.25) is 0 Å². The summed E-state index contributed by atoms with van der Waals surface area (Å²) in [7, 11) is 0. The molecule has 0 saturated carbocycles. The summed E-state index contributed by atoms with van der Waals surface area (Å²) in [5.41, 5.74) is 0.315. The van der Waals surface area contributed by atoms with Gasteiger partial charge in [0.1, 0.15) is 11.9 Å². The van der Waals surface area contributed by atoms with Crippen LogP contribution in [0, 0.1) is 5.82 Å². The van der Waals surface area contributed by atoms with Gasteiger partial charge in [0.05, 0.1) is 0 Å². The largest absolute Gasteiger partial charge is 0.479 e. The average molecular weight is 182 g/mol. The molecular weight excluding hydrogens is 175 g/mol. The highest BCUT2D eigenvalue weighted by Gasteiger charge is 2.47. The number of carboxylic acids is 1. The van der Waals surface area contributed by atoms with Gasteiger partial charge in [0.2, 0.25) is 0 Å². The second-order valence-electron chi connectivity index (χ2n) is 2.84. The quantitative estimate of drug-likeness (QED) is 0.702. The molecule has 1 saturated heterocycles. The molecule has 2 rings (SSSR count). The van der Waals surface area contributed by atoms with E-state index in [1.54, 1.807) is 12.1 Å². The van der Waals surface area contributed by atoms with Crippen LogP contribution in [0.1, 0.15) is 11.7 Å². The first-order valence-electron chi connectivity index (χ1n) is 3.83. The third-order valence-electron chi connectivity index (χ3n) is 1.95. The topological polar surface area (TPSA) is 49.8 Å². The Morgan fingerprint density at radius 3 is 2.69 bits per heavy atom. The minimum Gasteiger partial charge on any atom is -0.479 e. The van der Waals surface area contributed by atoms with E-state index in [4.69, 9.17) is 9.84 Å². The molecule has 1 aromatic rings. The van der Waals surface area contributed by atoms with Crippen molar-refractivity contribution in [3.8, 4) is 0 Å². The molecule has 2 unspecified atom stereocenters. The van der Waals surface area contributed by atoms with Crippen LogP contribution >= 0.6 is 0 Å². The average Bonchev–Trinajstić information content (AvgIpc) is 2.84. The highest BCUT2D eigenvalue weighted by Crippen LogP contribution is 2.39. The molecule has 1 N–H and O–H groups in total. The summed E-state index contributed by atoms with van der Waals surface area (Å²) in [6.45, 7) is 0. The second kappa shape index (κ2) is 2.81. The Labute approximate surface area is 73.8 Å². The van der Waals surface area contributed by atoms with Crippen LogP contribution in [0.3, 0.4) is 0 Å². The highest BCUT2D eigenvalue weighted by atomic mass is 19.1. The molecule has 0 spiro atoms. The molecule has 4 heteroatoms. The summed E-state index contributed by atoms with van der Waals surface area (Å²) >= 11 is 0. The molecule has 0 aromatic heterocycles. The van der Waals surface area contributed by atoms with E-state index in [-0.39, 0.29) is 0 Å². The zero-order chi connectivity index (χ0) is 9.42. The summed E-state index contributed by atoms with van der Waals surface area (Å²) in [5.74, 6) is -1.47. The number of benzene rings is 1. The van der Waals surface area contributed by atoms with Gasteiger partial charge in [-0.3, -0.25) is 0 Å². The van der Waals surface area contributed by atoms with Gasteiger partial charge >= 0.3 is 5.97 Å². The van der Waals surface area contributed by atoms with Crippen molar-refractivity contribution in [2.75, 3.05) is 0 Å². The number of aliphatic carboxylic acids is 1. The van der Waals surface area contributed by atoms with E-state index >= 15 is 0 Å². The van der Waals surface area contributed by atoms with Crippen molar-refractivity contribution >= 4 is 5.97 Å². The number of halogens is 1. The van der Waals surface area contributed by atoms with Crippen LogP contribution in [-0.4, -0.2) is 17.2 Å². The first-order valence-corrected chi connectivity index (χ1v) is 3.83. The fraction of sp³-hybridized carbons (Fsp3) is 0.222. The number of hydrogen-bond donors (Lipinski definition) is 1. The van der Waals surface area contributed by atoms with Crippen LogP contribution < -0.4 is 0 Å². The predicted molar refractivity (Wildman–Crippen MR) is 41.6 cm³/mol. The van der Waals surface area contributed by atoms with Crippen LogP contribution in [0.4, 0.5) is 4.39 Å². The van der Waals surface area contributed by atoms with Crippen LogP contribution in [0.15, 0.2) is 24.3 Å². The fourth-order valence-corrected chi connectivity index (χ4v) is 1.24. The van der Waals surface area contributed by atoms with Gasteiger partial charge in [-0.2, -0.15) is 0 Å². The van der Waals surface area contributed by atoms with Gasteiger partial charge in [-0.15, -0.1) is 0 Å². The highest BCUT2D eigenvalue weighted by molar-refractivity contribution is 5.76. The van der Waals surface area contributed by atoms with Gasteiger partial charge in [0.15, 0.2) is 6.10 Å². The van der Waals surface area contributed by atoms with E-state index in [1.807, 2.05) is 0 Å². The molecule has 68 valence electrons. The number of carboxylic acid groups (broad SMARTS) is 1. The molecule has 13 heavy (non-hydrogen) atoms. The molecule has 0 radical (unpaired) electrons. The molecule has 1 aliphatic heterocycles. The van der Waals surface area contributed by atoms with Crippen molar-refractivity contribution in [3.05, 3.63) is 35.6 Å². The van der Waals surface area contributed by atoms with Crippen LogP contribution in [0.5, 0.6) is 0 Å². The molecule has 3 nitrogen and oxygen atoms in total. The fourth-order valence-electron chi connectivity index (χ4n) is 1.24. The third-order valence-corrected chi connectivity index (χ3v) is 1.95. The zero-order valence-corrected chi connectivity index (χ0v) is 6.61. The van der Waals surface area contributed by atoms with Crippen molar-refractivity contribution in [1.82, 2.24) is 0 Å². The summed E-state index contributed by atoms with van der Waals surface area (Å²) in [5, 5.41) is 8.53. The third kappa shape index (κ3) is 1.40. The molecule has 2 atom stereocenters. The van der Waals surface area contributed by atoms with Crippen molar-refractivity contribution in [2.24, 2.45) is 0 Å². The Morgan fingerprint density at radius 1 is 1.46 bits per heavy atom. The smallest absolute Gasteiger partial charge is 0.335 e. The number of epoxide rings is 1. The number of ether oxygens (including phenoxy) is 1. The normalized spacial score (nSPS) is 25.6. The van der Waals surface area contributed by atoms with Gasteiger partial charge in [0, 0.05) is 5.56 Å². The van der Waals surface area contributed by atoms with Crippen molar-refractivity contribution < 1.29 is 19.0 Å². The van der Waals surface area contributed by atoms with E-state index in [2.05, 4.69) is 0 Å². The summed E-state index contributed by atoms with van der Waals surface area (Å²) < 4.78 is 17.8.